The predicted octanol–water partition coefficient (Wildman–Crippen LogP) is 3.21. The molecule has 2 aromatic rings. The molecule has 1 aliphatic heterocycles. The van der Waals surface area contributed by atoms with Gasteiger partial charge in [0.05, 0.1) is 26.5 Å². The lowest BCUT2D eigenvalue weighted by atomic mass is 9.97. The number of hydrogen-bond donors (Lipinski definition) is 1. The van der Waals surface area contributed by atoms with Crippen LogP contribution in [0, 0.1) is 0 Å². The standard InChI is InChI=1S/C18H19NO4/c1-21-13-7-8-15(17(10-13)22-2)19-18(20)9-12-11-23-16-6-4-3-5-14(12)16/h3-8,10,12H,9,11H2,1-2H3,(H,19,20). The summed E-state index contributed by atoms with van der Waals surface area (Å²) in [5, 5.41) is 2.90. The Hall–Kier alpha value is -2.69. The summed E-state index contributed by atoms with van der Waals surface area (Å²) in [5.41, 5.74) is 1.72. The van der Waals surface area contributed by atoms with E-state index in [1.807, 2.05) is 24.3 Å². The average Bonchev–Trinajstić information content (AvgIpc) is 2.98. The molecule has 3 rings (SSSR count). The van der Waals surface area contributed by atoms with Gasteiger partial charge in [0.2, 0.25) is 5.91 Å². The van der Waals surface area contributed by atoms with Gasteiger partial charge in [0.1, 0.15) is 17.2 Å². The second kappa shape index (κ2) is 6.60. The van der Waals surface area contributed by atoms with E-state index in [1.54, 1.807) is 32.4 Å². The number of rotatable bonds is 5. The van der Waals surface area contributed by atoms with Crippen molar-refractivity contribution in [2.24, 2.45) is 0 Å². The third-order valence-electron chi connectivity index (χ3n) is 3.91. The Morgan fingerprint density at radius 1 is 1.22 bits per heavy atom. The number of amides is 1. The van der Waals surface area contributed by atoms with Crippen molar-refractivity contribution >= 4 is 11.6 Å². The van der Waals surface area contributed by atoms with Crippen LogP contribution in [0.5, 0.6) is 17.2 Å². The molecule has 1 aliphatic rings. The molecule has 0 saturated carbocycles. The van der Waals surface area contributed by atoms with Gasteiger partial charge in [-0.2, -0.15) is 0 Å². The molecular formula is C18H19NO4. The topological polar surface area (TPSA) is 56.8 Å². The molecule has 0 aromatic heterocycles. The minimum absolute atomic E-state index is 0.0706. The molecule has 0 bridgehead atoms. The SMILES string of the molecule is COc1ccc(NC(=O)CC2COc3ccccc32)c(OC)c1. The highest BCUT2D eigenvalue weighted by atomic mass is 16.5. The van der Waals surface area contributed by atoms with Crippen molar-refractivity contribution < 1.29 is 19.0 Å². The molecule has 0 aliphatic carbocycles. The number of methoxy groups -OCH3 is 2. The second-order valence-electron chi connectivity index (χ2n) is 5.36. The second-order valence-corrected chi connectivity index (χ2v) is 5.36. The maximum atomic E-state index is 12.3. The molecule has 120 valence electrons. The van der Waals surface area contributed by atoms with Crippen LogP contribution in [0.15, 0.2) is 42.5 Å². The number of carbonyl (C=O) groups excluding carboxylic acids is 1. The molecule has 23 heavy (non-hydrogen) atoms. The third-order valence-corrected chi connectivity index (χ3v) is 3.91. The molecule has 1 unspecified atom stereocenters. The van der Waals surface area contributed by atoms with Crippen molar-refractivity contribution in [1.29, 1.82) is 0 Å². The van der Waals surface area contributed by atoms with Crippen LogP contribution in [0.1, 0.15) is 17.9 Å². The summed E-state index contributed by atoms with van der Waals surface area (Å²) in [6, 6.07) is 13.1. The first-order chi connectivity index (χ1) is 11.2. The molecule has 0 fully saturated rings. The van der Waals surface area contributed by atoms with Gasteiger partial charge in [-0.15, -0.1) is 0 Å². The maximum Gasteiger partial charge on any atom is 0.225 e. The summed E-state index contributed by atoms with van der Waals surface area (Å²) in [6.45, 7) is 0.534. The number of nitrogens with one attached hydrogen (secondary N) is 1. The molecule has 1 N–H and O–H groups in total. The molecule has 0 radical (unpaired) electrons. The summed E-state index contributed by atoms with van der Waals surface area (Å²) < 4.78 is 16.1. The number of hydrogen-bond acceptors (Lipinski definition) is 4. The summed E-state index contributed by atoms with van der Waals surface area (Å²) in [4.78, 5) is 12.3. The van der Waals surface area contributed by atoms with Crippen molar-refractivity contribution in [3.05, 3.63) is 48.0 Å². The zero-order valence-corrected chi connectivity index (χ0v) is 13.2. The number of anilines is 1. The van der Waals surface area contributed by atoms with Gasteiger partial charge in [-0.3, -0.25) is 4.79 Å². The molecule has 1 amide bonds. The Morgan fingerprint density at radius 2 is 2.04 bits per heavy atom. The molecule has 0 spiro atoms. The van der Waals surface area contributed by atoms with E-state index in [-0.39, 0.29) is 11.8 Å². The quantitative estimate of drug-likeness (QED) is 0.921. The number of benzene rings is 2. The molecule has 2 aromatic carbocycles. The molecule has 1 heterocycles. The first-order valence-corrected chi connectivity index (χ1v) is 7.45. The smallest absolute Gasteiger partial charge is 0.225 e. The van der Waals surface area contributed by atoms with Gasteiger partial charge in [0.25, 0.3) is 0 Å². The van der Waals surface area contributed by atoms with E-state index in [2.05, 4.69) is 5.32 Å². The zero-order valence-electron chi connectivity index (χ0n) is 13.2. The van der Waals surface area contributed by atoms with Crippen LogP contribution >= 0.6 is 0 Å². The molecule has 0 saturated heterocycles. The third kappa shape index (κ3) is 3.23. The number of fused-ring (bicyclic) bond motifs is 1. The predicted molar refractivity (Wildman–Crippen MR) is 87.5 cm³/mol. The normalized spacial score (nSPS) is 15.5. The first kappa shape index (κ1) is 15.2. The van der Waals surface area contributed by atoms with E-state index in [9.17, 15) is 4.79 Å². The van der Waals surface area contributed by atoms with Crippen molar-refractivity contribution in [2.45, 2.75) is 12.3 Å². The number of carbonyl (C=O) groups is 1. The zero-order chi connectivity index (χ0) is 16.2. The van der Waals surface area contributed by atoms with Crippen LogP contribution in [-0.2, 0) is 4.79 Å². The van der Waals surface area contributed by atoms with Gasteiger partial charge >= 0.3 is 0 Å². The highest BCUT2D eigenvalue weighted by Gasteiger charge is 2.26. The highest BCUT2D eigenvalue weighted by molar-refractivity contribution is 5.93. The largest absolute Gasteiger partial charge is 0.497 e. The van der Waals surface area contributed by atoms with E-state index in [4.69, 9.17) is 14.2 Å². The lowest BCUT2D eigenvalue weighted by molar-refractivity contribution is -0.116. The van der Waals surface area contributed by atoms with E-state index < -0.39 is 0 Å². The highest BCUT2D eigenvalue weighted by Crippen LogP contribution is 2.36. The van der Waals surface area contributed by atoms with Crippen molar-refractivity contribution in [3.8, 4) is 17.2 Å². The lowest BCUT2D eigenvalue weighted by Crippen LogP contribution is -2.17. The minimum Gasteiger partial charge on any atom is -0.497 e. The average molecular weight is 313 g/mol. The van der Waals surface area contributed by atoms with Crippen LogP contribution in [-0.4, -0.2) is 26.7 Å². The van der Waals surface area contributed by atoms with Crippen molar-refractivity contribution in [2.75, 3.05) is 26.1 Å². The fraction of sp³-hybridized carbons (Fsp3) is 0.278. The monoisotopic (exact) mass is 313 g/mol. The van der Waals surface area contributed by atoms with Gasteiger partial charge in [0.15, 0.2) is 0 Å². The summed E-state index contributed by atoms with van der Waals surface area (Å²) in [6.07, 6.45) is 0.367. The van der Waals surface area contributed by atoms with Gasteiger partial charge in [0, 0.05) is 24.0 Å². The van der Waals surface area contributed by atoms with E-state index in [0.717, 1.165) is 11.3 Å². The molecular weight excluding hydrogens is 294 g/mol. The molecule has 5 heteroatoms. The van der Waals surface area contributed by atoms with E-state index in [0.29, 0.717) is 30.2 Å². The number of para-hydroxylation sites is 1. The minimum atomic E-state index is -0.0706. The Bertz CT molecular complexity index is 714. The Morgan fingerprint density at radius 3 is 2.83 bits per heavy atom. The summed E-state index contributed by atoms with van der Waals surface area (Å²) >= 11 is 0. The Kier molecular flexibility index (Phi) is 4.37. The fourth-order valence-electron chi connectivity index (χ4n) is 2.73. The van der Waals surface area contributed by atoms with Crippen molar-refractivity contribution in [1.82, 2.24) is 0 Å². The number of ether oxygens (including phenoxy) is 3. The van der Waals surface area contributed by atoms with Crippen LogP contribution < -0.4 is 19.5 Å². The van der Waals surface area contributed by atoms with E-state index in [1.165, 1.54) is 0 Å². The lowest BCUT2D eigenvalue weighted by Gasteiger charge is -2.13. The van der Waals surface area contributed by atoms with Crippen LogP contribution in [0.2, 0.25) is 0 Å². The van der Waals surface area contributed by atoms with Crippen LogP contribution in [0.25, 0.3) is 0 Å². The van der Waals surface area contributed by atoms with E-state index >= 15 is 0 Å². The summed E-state index contributed by atoms with van der Waals surface area (Å²) in [5.74, 6) is 2.13. The van der Waals surface area contributed by atoms with Gasteiger partial charge in [-0.25, -0.2) is 0 Å². The maximum absolute atomic E-state index is 12.3. The Balaban J connectivity index is 1.69. The van der Waals surface area contributed by atoms with Gasteiger partial charge in [-0.1, -0.05) is 18.2 Å². The van der Waals surface area contributed by atoms with Crippen molar-refractivity contribution in [3.63, 3.8) is 0 Å². The van der Waals surface area contributed by atoms with Gasteiger partial charge < -0.3 is 19.5 Å². The molecule has 1 atom stereocenters. The summed E-state index contributed by atoms with van der Waals surface area (Å²) in [7, 11) is 3.15. The van der Waals surface area contributed by atoms with Gasteiger partial charge in [-0.05, 0) is 18.2 Å². The fourth-order valence-corrected chi connectivity index (χ4v) is 2.73. The molecule has 5 nitrogen and oxygen atoms in total. The van der Waals surface area contributed by atoms with Crippen LogP contribution in [0.4, 0.5) is 5.69 Å². The Labute approximate surface area is 135 Å². The van der Waals surface area contributed by atoms with Crippen LogP contribution in [0.3, 0.4) is 0 Å². The first-order valence-electron chi connectivity index (χ1n) is 7.45.